The quantitative estimate of drug-likeness (QED) is 0.830. The van der Waals surface area contributed by atoms with E-state index in [4.69, 9.17) is 0 Å². The molecule has 5 nitrogen and oxygen atoms in total. The Labute approximate surface area is 98.0 Å². The summed E-state index contributed by atoms with van der Waals surface area (Å²) in [7, 11) is 0. The van der Waals surface area contributed by atoms with E-state index >= 15 is 0 Å². The van der Waals surface area contributed by atoms with E-state index < -0.39 is 0 Å². The summed E-state index contributed by atoms with van der Waals surface area (Å²) < 4.78 is 0. The topological polar surface area (TPSA) is 61.9 Å². The third kappa shape index (κ3) is 1.93. The van der Waals surface area contributed by atoms with Gasteiger partial charge in [-0.2, -0.15) is 11.8 Å². The molecule has 2 heterocycles. The van der Waals surface area contributed by atoms with Crippen molar-refractivity contribution in [3.63, 3.8) is 0 Å². The van der Waals surface area contributed by atoms with Gasteiger partial charge in [0.05, 0.1) is 0 Å². The van der Waals surface area contributed by atoms with Gasteiger partial charge in [0, 0.05) is 30.5 Å². The van der Waals surface area contributed by atoms with Gasteiger partial charge in [-0.15, -0.1) is 5.10 Å². The molecule has 0 bridgehead atoms. The summed E-state index contributed by atoms with van der Waals surface area (Å²) in [6.45, 7) is 1.63. The first kappa shape index (κ1) is 10.1. The van der Waals surface area contributed by atoms with Crippen LogP contribution in [0.3, 0.4) is 0 Å². The van der Waals surface area contributed by atoms with E-state index in [2.05, 4.69) is 15.2 Å². The summed E-state index contributed by atoms with van der Waals surface area (Å²) in [5.41, 5.74) is 0. The van der Waals surface area contributed by atoms with Gasteiger partial charge >= 0.3 is 0 Å². The Morgan fingerprint density at radius 1 is 1.38 bits per heavy atom. The van der Waals surface area contributed by atoms with Crippen LogP contribution in [0.15, 0.2) is 0 Å². The van der Waals surface area contributed by atoms with Crippen molar-refractivity contribution < 1.29 is 4.79 Å². The maximum absolute atomic E-state index is 12.0. The zero-order valence-corrected chi connectivity index (χ0v) is 9.79. The zero-order chi connectivity index (χ0) is 11.0. The molecule has 6 heteroatoms. The fraction of sp³-hybridized carbons (Fsp3) is 0.700. The smallest absolute Gasteiger partial charge is 0.293 e. The minimum Gasteiger partial charge on any atom is -0.334 e. The summed E-state index contributed by atoms with van der Waals surface area (Å²) in [6.07, 6.45) is 2.34. The highest BCUT2D eigenvalue weighted by Gasteiger charge is 2.29. The second-order valence-electron chi connectivity index (χ2n) is 4.22. The predicted octanol–water partition coefficient (Wildman–Crippen LogP) is 0.871. The number of carbonyl (C=O) groups is 1. The van der Waals surface area contributed by atoms with Crippen molar-refractivity contribution in [1.82, 2.24) is 20.1 Å². The molecule has 0 aromatic carbocycles. The average Bonchev–Trinajstić information content (AvgIpc) is 3.08. The van der Waals surface area contributed by atoms with E-state index in [1.54, 1.807) is 0 Å². The third-order valence-electron chi connectivity index (χ3n) is 2.96. The van der Waals surface area contributed by atoms with Gasteiger partial charge in [0.25, 0.3) is 5.91 Å². The van der Waals surface area contributed by atoms with Crippen LogP contribution in [0.25, 0.3) is 0 Å². The van der Waals surface area contributed by atoms with E-state index in [0.29, 0.717) is 11.7 Å². The Morgan fingerprint density at radius 3 is 2.81 bits per heavy atom. The second-order valence-corrected chi connectivity index (χ2v) is 5.45. The summed E-state index contributed by atoms with van der Waals surface area (Å²) in [5, 5.41) is 6.89. The molecular weight excluding hydrogens is 224 g/mol. The molecule has 2 fully saturated rings. The van der Waals surface area contributed by atoms with Crippen LogP contribution >= 0.6 is 11.8 Å². The number of carbonyl (C=O) groups excluding carboxylic acids is 1. The summed E-state index contributed by atoms with van der Waals surface area (Å²) >= 11 is 1.89. The Bertz CT molecular complexity index is 395. The van der Waals surface area contributed by atoms with Gasteiger partial charge in [-0.1, -0.05) is 0 Å². The maximum Gasteiger partial charge on any atom is 0.293 e. The normalized spacial score (nSPS) is 21.1. The van der Waals surface area contributed by atoms with Gasteiger partial charge in [0.1, 0.15) is 5.82 Å². The van der Waals surface area contributed by atoms with Crippen molar-refractivity contribution in [3.8, 4) is 0 Å². The van der Waals surface area contributed by atoms with Crippen LogP contribution in [0.2, 0.25) is 0 Å². The van der Waals surface area contributed by atoms with Crippen LogP contribution in [0.5, 0.6) is 0 Å². The number of nitrogens with one attached hydrogen (secondary N) is 1. The first-order valence-electron chi connectivity index (χ1n) is 5.64. The van der Waals surface area contributed by atoms with Crippen LogP contribution in [-0.2, 0) is 0 Å². The number of rotatable bonds is 2. The van der Waals surface area contributed by atoms with Crippen molar-refractivity contribution in [2.24, 2.45) is 0 Å². The van der Waals surface area contributed by atoms with Crippen LogP contribution in [0.4, 0.5) is 0 Å². The SMILES string of the molecule is O=C(c1n[nH]c(C2CC2)n1)N1CCSCC1. The van der Waals surface area contributed by atoms with Crippen molar-refractivity contribution in [1.29, 1.82) is 0 Å². The largest absolute Gasteiger partial charge is 0.334 e. The van der Waals surface area contributed by atoms with E-state index in [0.717, 1.165) is 30.4 Å². The third-order valence-corrected chi connectivity index (χ3v) is 3.90. The highest BCUT2D eigenvalue weighted by Crippen LogP contribution is 2.37. The molecule has 86 valence electrons. The lowest BCUT2D eigenvalue weighted by Crippen LogP contribution is -2.38. The fourth-order valence-corrected chi connectivity index (χ4v) is 2.72. The summed E-state index contributed by atoms with van der Waals surface area (Å²) in [5.74, 6) is 3.76. The zero-order valence-electron chi connectivity index (χ0n) is 8.98. The predicted molar refractivity (Wildman–Crippen MR) is 61.6 cm³/mol. The van der Waals surface area contributed by atoms with Crippen molar-refractivity contribution in [2.75, 3.05) is 24.6 Å². The first-order chi connectivity index (χ1) is 7.84. The first-order valence-corrected chi connectivity index (χ1v) is 6.79. The molecule has 1 saturated carbocycles. The van der Waals surface area contributed by atoms with Crippen molar-refractivity contribution in [3.05, 3.63) is 11.6 Å². The fourth-order valence-electron chi connectivity index (χ4n) is 1.82. The van der Waals surface area contributed by atoms with Crippen molar-refractivity contribution >= 4 is 17.7 Å². The lowest BCUT2D eigenvalue weighted by atomic mass is 10.4. The molecule has 1 aromatic heterocycles. The molecule has 0 unspecified atom stereocenters. The van der Waals surface area contributed by atoms with Crippen LogP contribution in [0, 0.1) is 0 Å². The van der Waals surface area contributed by atoms with Gasteiger partial charge in [0.2, 0.25) is 5.82 Å². The number of H-pyrrole nitrogens is 1. The van der Waals surface area contributed by atoms with Gasteiger partial charge in [-0.05, 0) is 12.8 Å². The van der Waals surface area contributed by atoms with E-state index in [1.807, 2.05) is 16.7 Å². The number of aromatic amines is 1. The minimum atomic E-state index is -0.0246. The van der Waals surface area contributed by atoms with E-state index in [-0.39, 0.29) is 5.91 Å². The van der Waals surface area contributed by atoms with Gasteiger partial charge in [0.15, 0.2) is 0 Å². The number of thioether (sulfide) groups is 1. The van der Waals surface area contributed by atoms with Crippen LogP contribution in [-0.4, -0.2) is 50.6 Å². The van der Waals surface area contributed by atoms with Gasteiger partial charge in [-0.3, -0.25) is 9.89 Å². The molecule has 3 rings (SSSR count). The standard InChI is InChI=1S/C10H14N4OS/c15-10(14-3-5-16-6-4-14)9-11-8(12-13-9)7-1-2-7/h7H,1-6H2,(H,11,12,13). The highest BCUT2D eigenvalue weighted by atomic mass is 32.2. The molecule has 0 atom stereocenters. The van der Waals surface area contributed by atoms with E-state index in [9.17, 15) is 4.79 Å². The molecule has 0 radical (unpaired) electrons. The molecule has 1 saturated heterocycles. The van der Waals surface area contributed by atoms with E-state index in [1.165, 1.54) is 12.8 Å². The van der Waals surface area contributed by atoms with Crippen LogP contribution < -0.4 is 0 Å². The number of nitrogens with zero attached hydrogens (tertiary/aromatic N) is 3. The average molecular weight is 238 g/mol. The van der Waals surface area contributed by atoms with Crippen molar-refractivity contribution in [2.45, 2.75) is 18.8 Å². The Hall–Kier alpha value is -1.04. The lowest BCUT2D eigenvalue weighted by molar-refractivity contribution is 0.0760. The highest BCUT2D eigenvalue weighted by molar-refractivity contribution is 7.99. The Morgan fingerprint density at radius 2 is 2.12 bits per heavy atom. The minimum absolute atomic E-state index is 0.0246. The molecule has 1 aromatic rings. The molecule has 1 aliphatic carbocycles. The molecule has 1 aliphatic heterocycles. The van der Waals surface area contributed by atoms with Crippen LogP contribution in [0.1, 0.15) is 35.2 Å². The molecule has 1 N–H and O–H groups in total. The molecule has 16 heavy (non-hydrogen) atoms. The number of hydrogen-bond donors (Lipinski definition) is 1. The second kappa shape index (κ2) is 4.08. The molecule has 1 amide bonds. The number of amides is 1. The number of hydrogen-bond acceptors (Lipinski definition) is 4. The Balaban J connectivity index is 1.71. The summed E-state index contributed by atoms with van der Waals surface area (Å²) in [6, 6.07) is 0. The lowest BCUT2D eigenvalue weighted by Gasteiger charge is -2.24. The Kier molecular flexibility index (Phi) is 2.59. The molecule has 2 aliphatic rings. The maximum atomic E-state index is 12.0. The number of aromatic nitrogens is 3. The van der Waals surface area contributed by atoms with Gasteiger partial charge < -0.3 is 4.90 Å². The molecular formula is C10H14N4OS. The van der Waals surface area contributed by atoms with Gasteiger partial charge in [-0.25, -0.2) is 4.98 Å². The molecule has 0 spiro atoms. The monoisotopic (exact) mass is 238 g/mol. The summed E-state index contributed by atoms with van der Waals surface area (Å²) in [4.78, 5) is 18.2.